The van der Waals surface area contributed by atoms with Crippen molar-refractivity contribution in [1.82, 2.24) is 10.6 Å². The van der Waals surface area contributed by atoms with Gasteiger partial charge in [0.1, 0.15) is 0 Å². The second-order valence-corrected chi connectivity index (χ2v) is 6.48. The van der Waals surface area contributed by atoms with Crippen LogP contribution in [0.25, 0.3) is 0 Å². The Hall–Kier alpha value is -0.780. The van der Waals surface area contributed by atoms with Gasteiger partial charge in [0.05, 0.1) is 11.3 Å². The smallest absolute Gasteiger partial charge is 0.353 e. The van der Waals surface area contributed by atoms with Gasteiger partial charge in [0.25, 0.3) is 0 Å². The third kappa shape index (κ3) is 3.90. The van der Waals surface area contributed by atoms with Crippen LogP contribution < -0.4 is 10.6 Å². The quantitative estimate of drug-likeness (QED) is 0.841. The van der Waals surface area contributed by atoms with Crippen LogP contribution in [0.5, 0.6) is 0 Å². The summed E-state index contributed by atoms with van der Waals surface area (Å²) in [6.45, 7) is 3.62. The molecule has 1 unspecified atom stereocenters. The molecule has 1 atom stereocenters. The van der Waals surface area contributed by atoms with E-state index in [0.717, 1.165) is 25.8 Å². The van der Waals surface area contributed by atoms with E-state index in [1.807, 2.05) is 6.92 Å². The summed E-state index contributed by atoms with van der Waals surface area (Å²) in [6, 6.07) is -0.0959. The Morgan fingerprint density at radius 3 is 2.43 bits per heavy atom. The first-order valence-electron chi connectivity index (χ1n) is 7.96. The Labute approximate surface area is 124 Å². The van der Waals surface area contributed by atoms with Crippen molar-refractivity contribution in [1.29, 1.82) is 0 Å². The Balaban J connectivity index is 1.86. The van der Waals surface area contributed by atoms with Crippen LogP contribution in [0.1, 0.15) is 51.9 Å². The lowest BCUT2D eigenvalue weighted by molar-refractivity contribution is -0.182. The molecule has 0 aromatic rings. The van der Waals surface area contributed by atoms with Crippen LogP contribution in [0.4, 0.5) is 13.2 Å². The van der Waals surface area contributed by atoms with Gasteiger partial charge in [-0.25, -0.2) is 0 Å². The van der Waals surface area contributed by atoms with E-state index in [1.165, 1.54) is 0 Å². The fraction of sp³-hybridized carbons (Fsp3) is 0.933. The summed E-state index contributed by atoms with van der Waals surface area (Å²) in [5.41, 5.74) is -0.376. The molecule has 1 aliphatic heterocycles. The van der Waals surface area contributed by atoms with Crippen molar-refractivity contribution in [3.63, 3.8) is 0 Å². The van der Waals surface area contributed by atoms with Crippen LogP contribution in [0.3, 0.4) is 0 Å². The number of carbonyl (C=O) groups excluding carboxylic acids is 1. The minimum absolute atomic E-state index is 0.0210. The van der Waals surface area contributed by atoms with Crippen LogP contribution in [-0.4, -0.2) is 31.2 Å². The standard InChI is InChI=1S/C15H25F3N2O/c1-2-14(8-3-9-19-10-14)13(21)20-12-6-4-11(5-7-12)15(16,17)18/h11-12,19H,2-10H2,1H3,(H,20,21). The molecule has 2 fully saturated rings. The van der Waals surface area contributed by atoms with Crippen LogP contribution >= 0.6 is 0 Å². The van der Waals surface area contributed by atoms with E-state index in [9.17, 15) is 18.0 Å². The lowest BCUT2D eigenvalue weighted by Gasteiger charge is -2.38. The molecule has 21 heavy (non-hydrogen) atoms. The number of hydrogen-bond acceptors (Lipinski definition) is 2. The molecular weight excluding hydrogens is 281 g/mol. The molecule has 1 amide bonds. The number of piperidine rings is 1. The maximum absolute atomic E-state index is 12.6. The van der Waals surface area contributed by atoms with Gasteiger partial charge in [-0.3, -0.25) is 4.79 Å². The summed E-state index contributed by atoms with van der Waals surface area (Å²) in [7, 11) is 0. The zero-order chi connectivity index (χ0) is 15.5. The van der Waals surface area contributed by atoms with Gasteiger partial charge in [0.2, 0.25) is 5.91 Å². The highest BCUT2D eigenvalue weighted by Crippen LogP contribution is 2.38. The Bertz CT molecular complexity index is 356. The Morgan fingerprint density at radius 1 is 1.29 bits per heavy atom. The maximum Gasteiger partial charge on any atom is 0.391 e. The van der Waals surface area contributed by atoms with Crippen molar-refractivity contribution < 1.29 is 18.0 Å². The first-order valence-corrected chi connectivity index (χ1v) is 7.96. The van der Waals surface area contributed by atoms with Crippen molar-refractivity contribution in [2.45, 2.75) is 64.1 Å². The molecule has 1 aliphatic carbocycles. The van der Waals surface area contributed by atoms with E-state index in [-0.39, 0.29) is 30.2 Å². The van der Waals surface area contributed by atoms with Gasteiger partial charge in [-0.1, -0.05) is 6.92 Å². The van der Waals surface area contributed by atoms with E-state index >= 15 is 0 Å². The van der Waals surface area contributed by atoms with Crippen LogP contribution in [0, 0.1) is 11.3 Å². The molecular formula is C15H25F3N2O. The molecule has 1 saturated carbocycles. The second-order valence-electron chi connectivity index (χ2n) is 6.48. The van der Waals surface area contributed by atoms with Gasteiger partial charge in [0, 0.05) is 12.6 Å². The summed E-state index contributed by atoms with van der Waals surface area (Å²) in [6.07, 6.45) is -0.358. The summed E-state index contributed by atoms with van der Waals surface area (Å²) in [4.78, 5) is 12.5. The summed E-state index contributed by atoms with van der Waals surface area (Å²) < 4.78 is 37.9. The Kier molecular flexibility index (Phi) is 5.17. The predicted molar refractivity (Wildman–Crippen MR) is 74.8 cm³/mol. The summed E-state index contributed by atoms with van der Waals surface area (Å²) in [5.74, 6) is -1.17. The maximum atomic E-state index is 12.6. The van der Waals surface area contributed by atoms with Gasteiger partial charge in [-0.05, 0) is 51.5 Å². The van der Waals surface area contributed by atoms with E-state index in [0.29, 0.717) is 19.4 Å². The minimum atomic E-state index is -4.09. The molecule has 122 valence electrons. The minimum Gasteiger partial charge on any atom is -0.353 e. The predicted octanol–water partition coefficient (Wildman–Crippen LogP) is 3.00. The number of hydrogen-bond donors (Lipinski definition) is 2. The monoisotopic (exact) mass is 306 g/mol. The molecule has 2 rings (SSSR count). The number of alkyl halides is 3. The molecule has 0 aromatic heterocycles. The van der Waals surface area contributed by atoms with Crippen LogP contribution in [0.15, 0.2) is 0 Å². The topological polar surface area (TPSA) is 41.1 Å². The first-order chi connectivity index (χ1) is 9.87. The zero-order valence-electron chi connectivity index (χ0n) is 12.6. The van der Waals surface area contributed by atoms with Gasteiger partial charge < -0.3 is 10.6 Å². The molecule has 6 heteroatoms. The molecule has 1 heterocycles. The fourth-order valence-electron chi connectivity index (χ4n) is 3.53. The molecule has 2 aliphatic rings. The average Bonchev–Trinajstić information content (AvgIpc) is 2.47. The molecule has 0 bridgehead atoms. The zero-order valence-corrected chi connectivity index (χ0v) is 12.6. The van der Waals surface area contributed by atoms with E-state index < -0.39 is 12.1 Å². The number of rotatable bonds is 3. The van der Waals surface area contributed by atoms with Crippen LogP contribution in [-0.2, 0) is 4.79 Å². The summed E-state index contributed by atoms with van der Waals surface area (Å²) >= 11 is 0. The lowest BCUT2D eigenvalue weighted by atomic mass is 9.76. The highest BCUT2D eigenvalue weighted by atomic mass is 19.4. The first kappa shape index (κ1) is 16.6. The second kappa shape index (κ2) is 6.55. The molecule has 2 N–H and O–H groups in total. The van der Waals surface area contributed by atoms with Gasteiger partial charge >= 0.3 is 6.18 Å². The van der Waals surface area contributed by atoms with Crippen molar-refractivity contribution >= 4 is 5.91 Å². The molecule has 0 aromatic carbocycles. The van der Waals surface area contributed by atoms with Gasteiger partial charge in [-0.2, -0.15) is 13.2 Å². The van der Waals surface area contributed by atoms with Crippen molar-refractivity contribution in [3.8, 4) is 0 Å². The van der Waals surface area contributed by atoms with Crippen molar-refractivity contribution in [2.24, 2.45) is 11.3 Å². The molecule has 0 radical (unpaired) electrons. The number of nitrogens with one attached hydrogen (secondary N) is 2. The van der Waals surface area contributed by atoms with Crippen LogP contribution in [0.2, 0.25) is 0 Å². The Morgan fingerprint density at radius 2 is 1.95 bits per heavy atom. The third-order valence-corrected chi connectivity index (χ3v) is 5.16. The largest absolute Gasteiger partial charge is 0.391 e. The number of amides is 1. The lowest BCUT2D eigenvalue weighted by Crippen LogP contribution is -2.53. The number of halogens is 3. The summed E-state index contributed by atoms with van der Waals surface area (Å²) in [5, 5.41) is 6.27. The van der Waals surface area contributed by atoms with E-state index in [4.69, 9.17) is 0 Å². The van der Waals surface area contributed by atoms with Gasteiger partial charge in [0.15, 0.2) is 0 Å². The molecule has 0 spiro atoms. The average molecular weight is 306 g/mol. The van der Waals surface area contributed by atoms with Gasteiger partial charge in [-0.15, -0.1) is 0 Å². The highest BCUT2D eigenvalue weighted by molar-refractivity contribution is 5.83. The molecule has 1 saturated heterocycles. The fourth-order valence-corrected chi connectivity index (χ4v) is 3.53. The normalized spacial score (nSPS) is 34.5. The molecule has 3 nitrogen and oxygen atoms in total. The van der Waals surface area contributed by atoms with Crippen molar-refractivity contribution in [3.05, 3.63) is 0 Å². The third-order valence-electron chi connectivity index (χ3n) is 5.16. The number of carbonyl (C=O) groups is 1. The van der Waals surface area contributed by atoms with Crippen molar-refractivity contribution in [2.75, 3.05) is 13.1 Å². The highest BCUT2D eigenvalue weighted by Gasteiger charge is 2.43. The van der Waals surface area contributed by atoms with E-state index in [2.05, 4.69) is 10.6 Å². The SMILES string of the molecule is CCC1(C(=O)NC2CCC(C(F)(F)F)CC2)CCCNC1. The van der Waals surface area contributed by atoms with E-state index in [1.54, 1.807) is 0 Å².